The van der Waals surface area contributed by atoms with E-state index in [1.54, 1.807) is 19.0 Å². The van der Waals surface area contributed by atoms with Crippen molar-refractivity contribution in [3.63, 3.8) is 0 Å². The van der Waals surface area contributed by atoms with Gasteiger partial charge in [0.25, 0.3) is 5.91 Å². The third-order valence-electron chi connectivity index (χ3n) is 6.87. The first-order chi connectivity index (χ1) is 18.2. The van der Waals surface area contributed by atoms with Gasteiger partial charge in [-0.15, -0.1) is 0 Å². The smallest absolute Gasteiger partial charge is 0.257 e. The third-order valence-corrected chi connectivity index (χ3v) is 6.87. The SMILES string of the molecule is CCCC(O)COc1cccc(-c2nc3c(c(C)nn3C(C)C)c(NC3CCOCC3)c2C(=O)N(C)C)c1. The van der Waals surface area contributed by atoms with Crippen LogP contribution in [0.15, 0.2) is 24.3 Å². The number of benzene rings is 1. The average molecular weight is 524 g/mol. The van der Waals surface area contributed by atoms with Crippen LogP contribution < -0.4 is 10.1 Å². The van der Waals surface area contributed by atoms with Gasteiger partial charge < -0.3 is 24.8 Å². The average Bonchev–Trinajstić information content (AvgIpc) is 3.24. The Morgan fingerprint density at radius 2 is 2.03 bits per heavy atom. The van der Waals surface area contributed by atoms with Gasteiger partial charge in [-0.1, -0.05) is 25.5 Å². The van der Waals surface area contributed by atoms with Crippen LogP contribution in [0.25, 0.3) is 22.3 Å². The summed E-state index contributed by atoms with van der Waals surface area (Å²) in [6, 6.07) is 7.85. The first-order valence-corrected chi connectivity index (χ1v) is 13.6. The lowest BCUT2D eigenvalue weighted by atomic mass is 9.98. The molecule has 2 aromatic heterocycles. The van der Waals surface area contributed by atoms with Crippen LogP contribution in [-0.2, 0) is 4.74 Å². The Morgan fingerprint density at radius 3 is 2.68 bits per heavy atom. The van der Waals surface area contributed by atoms with Crippen molar-refractivity contribution in [3.8, 4) is 17.0 Å². The van der Waals surface area contributed by atoms with Crippen molar-refractivity contribution in [3.05, 3.63) is 35.5 Å². The molecular weight excluding hydrogens is 482 g/mol. The highest BCUT2D eigenvalue weighted by molar-refractivity contribution is 6.12. The molecule has 3 heterocycles. The van der Waals surface area contributed by atoms with E-state index < -0.39 is 6.10 Å². The van der Waals surface area contributed by atoms with Gasteiger partial charge in [-0.3, -0.25) is 4.79 Å². The number of hydrogen-bond donors (Lipinski definition) is 2. The van der Waals surface area contributed by atoms with Gasteiger partial charge in [0.1, 0.15) is 12.4 Å². The molecule has 1 fully saturated rings. The molecule has 206 valence electrons. The Hall–Kier alpha value is -3.17. The second-order valence-corrected chi connectivity index (χ2v) is 10.5. The molecule has 3 aromatic rings. The van der Waals surface area contributed by atoms with Gasteiger partial charge >= 0.3 is 0 Å². The van der Waals surface area contributed by atoms with Gasteiger partial charge in [0.2, 0.25) is 0 Å². The zero-order valence-corrected chi connectivity index (χ0v) is 23.5. The topological polar surface area (TPSA) is 102 Å². The standard InChI is InChI=1S/C29H41N5O4/c1-7-9-22(35)17-38-23-11-8-10-20(16-23)26-25(29(36)33(5)6)27(30-21-12-14-37-15-13-21)24-19(4)32-34(18(2)3)28(24)31-26/h8,10-11,16,18,21-22,35H,7,9,12-15,17H2,1-6H3,(H,30,31). The number of nitrogens with zero attached hydrogens (tertiary/aromatic N) is 4. The summed E-state index contributed by atoms with van der Waals surface area (Å²) in [4.78, 5) is 20.5. The van der Waals surface area contributed by atoms with Crippen LogP contribution in [0.3, 0.4) is 0 Å². The van der Waals surface area contributed by atoms with Gasteiger partial charge in [0.15, 0.2) is 5.65 Å². The fourth-order valence-corrected chi connectivity index (χ4v) is 4.87. The molecule has 1 unspecified atom stereocenters. The number of carbonyl (C=O) groups excluding carboxylic acids is 1. The zero-order chi connectivity index (χ0) is 27.4. The van der Waals surface area contributed by atoms with Crippen molar-refractivity contribution in [2.24, 2.45) is 0 Å². The minimum Gasteiger partial charge on any atom is -0.491 e. The second-order valence-electron chi connectivity index (χ2n) is 10.5. The lowest BCUT2D eigenvalue weighted by Gasteiger charge is -2.27. The number of ether oxygens (including phenoxy) is 2. The summed E-state index contributed by atoms with van der Waals surface area (Å²) in [5, 5.41) is 19.6. The summed E-state index contributed by atoms with van der Waals surface area (Å²) in [7, 11) is 3.52. The minimum absolute atomic E-state index is 0.0904. The van der Waals surface area contributed by atoms with E-state index in [1.165, 1.54) is 0 Å². The van der Waals surface area contributed by atoms with Gasteiger partial charge in [-0.05, 0) is 52.2 Å². The number of aliphatic hydroxyl groups is 1. The van der Waals surface area contributed by atoms with Crippen LogP contribution in [0, 0.1) is 6.92 Å². The largest absolute Gasteiger partial charge is 0.491 e. The molecule has 38 heavy (non-hydrogen) atoms. The fourth-order valence-electron chi connectivity index (χ4n) is 4.87. The Balaban J connectivity index is 1.92. The fraction of sp³-hybridized carbons (Fsp3) is 0.552. The highest BCUT2D eigenvalue weighted by atomic mass is 16.5. The van der Waals surface area contributed by atoms with Crippen LogP contribution in [0.5, 0.6) is 5.75 Å². The second kappa shape index (κ2) is 12.1. The van der Waals surface area contributed by atoms with Crippen LogP contribution in [0.4, 0.5) is 5.69 Å². The summed E-state index contributed by atoms with van der Waals surface area (Å²) >= 11 is 0. The molecule has 2 N–H and O–H groups in total. The number of aromatic nitrogens is 3. The van der Waals surface area contributed by atoms with Crippen LogP contribution in [-0.4, -0.2) is 76.7 Å². The maximum Gasteiger partial charge on any atom is 0.257 e. The Labute approximate surface area is 225 Å². The van der Waals surface area contributed by atoms with Crippen molar-refractivity contribution < 1.29 is 19.4 Å². The van der Waals surface area contributed by atoms with Gasteiger partial charge in [0, 0.05) is 45.0 Å². The molecule has 1 aliphatic rings. The monoisotopic (exact) mass is 523 g/mol. The van der Waals surface area contributed by atoms with Crippen molar-refractivity contribution in [1.29, 1.82) is 0 Å². The molecule has 0 aliphatic carbocycles. The van der Waals surface area contributed by atoms with Crippen LogP contribution >= 0.6 is 0 Å². The van der Waals surface area contributed by atoms with Crippen molar-refractivity contribution in [1.82, 2.24) is 19.7 Å². The number of carbonyl (C=O) groups is 1. The molecule has 9 nitrogen and oxygen atoms in total. The number of fused-ring (bicyclic) bond motifs is 1. The van der Waals surface area contributed by atoms with Gasteiger partial charge in [0.05, 0.1) is 34.1 Å². The van der Waals surface area contributed by atoms with E-state index in [2.05, 4.69) is 19.2 Å². The molecular formula is C29H41N5O4. The highest BCUT2D eigenvalue weighted by Gasteiger charge is 2.29. The number of amides is 1. The van der Waals surface area contributed by atoms with Crippen molar-refractivity contribution >= 4 is 22.6 Å². The minimum atomic E-state index is -0.525. The summed E-state index contributed by atoms with van der Waals surface area (Å²) in [5.41, 5.74) is 4.20. The summed E-state index contributed by atoms with van der Waals surface area (Å²) in [6.07, 6.45) is 2.75. The lowest BCUT2D eigenvalue weighted by Crippen LogP contribution is -2.30. The van der Waals surface area contributed by atoms with E-state index in [4.69, 9.17) is 19.6 Å². The first kappa shape index (κ1) is 27.9. The molecule has 1 aromatic carbocycles. The van der Waals surface area contributed by atoms with E-state index in [0.29, 0.717) is 36.6 Å². The van der Waals surface area contributed by atoms with Crippen molar-refractivity contribution in [2.75, 3.05) is 39.2 Å². The van der Waals surface area contributed by atoms with Crippen LogP contribution in [0.1, 0.15) is 68.5 Å². The van der Waals surface area contributed by atoms with Gasteiger partial charge in [-0.2, -0.15) is 5.10 Å². The Bertz CT molecular complexity index is 1260. The predicted octanol–water partition coefficient (Wildman–Crippen LogP) is 4.82. The molecule has 0 bridgehead atoms. The summed E-state index contributed by atoms with van der Waals surface area (Å²) in [5.74, 6) is 0.487. The number of nitrogens with one attached hydrogen (secondary N) is 1. The predicted molar refractivity (Wildman–Crippen MR) is 150 cm³/mol. The van der Waals surface area contributed by atoms with E-state index in [0.717, 1.165) is 47.2 Å². The molecule has 9 heteroatoms. The van der Waals surface area contributed by atoms with Gasteiger partial charge in [-0.25, -0.2) is 9.67 Å². The quantitative estimate of drug-likeness (QED) is 0.393. The molecule has 1 aliphatic heterocycles. The zero-order valence-electron chi connectivity index (χ0n) is 23.5. The number of pyridine rings is 1. The highest BCUT2D eigenvalue weighted by Crippen LogP contribution is 2.39. The van der Waals surface area contributed by atoms with E-state index in [1.807, 2.05) is 42.8 Å². The molecule has 0 radical (unpaired) electrons. The number of aliphatic hydroxyl groups excluding tert-OH is 1. The molecule has 1 saturated heterocycles. The maximum atomic E-state index is 13.8. The van der Waals surface area contributed by atoms with E-state index >= 15 is 0 Å². The van der Waals surface area contributed by atoms with E-state index in [-0.39, 0.29) is 24.6 Å². The van der Waals surface area contributed by atoms with Crippen molar-refractivity contribution in [2.45, 2.75) is 71.6 Å². The first-order valence-electron chi connectivity index (χ1n) is 13.6. The number of hydrogen-bond acceptors (Lipinski definition) is 7. The normalized spacial score (nSPS) is 15.2. The lowest BCUT2D eigenvalue weighted by molar-refractivity contribution is 0.0828. The Kier molecular flexibility index (Phi) is 8.89. The third kappa shape index (κ3) is 5.94. The number of anilines is 1. The maximum absolute atomic E-state index is 13.8. The molecule has 4 rings (SSSR count). The molecule has 1 atom stereocenters. The Morgan fingerprint density at radius 1 is 1.29 bits per heavy atom. The van der Waals surface area contributed by atoms with Crippen LogP contribution in [0.2, 0.25) is 0 Å². The van der Waals surface area contributed by atoms with E-state index in [9.17, 15) is 9.90 Å². The molecule has 0 spiro atoms. The summed E-state index contributed by atoms with van der Waals surface area (Å²) in [6.45, 7) is 9.74. The number of aryl methyl sites for hydroxylation is 1. The molecule has 1 amide bonds. The molecule has 0 saturated carbocycles. The number of rotatable bonds is 10. The summed E-state index contributed by atoms with van der Waals surface area (Å²) < 4.78 is 13.4.